The normalized spacial score (nSPS) is 15.4. The number of rotatable bonds is 7. The summed E-state index contributed by atoms with van der Waals surface area (Å²) in [4.78, 5) is 11.7. The smallest absolute Gasteiger partial charge is 0.416 e. The van der Waals surface area contributed by atoms with Crippen LogP contribution in [-0.2, 0) is 10.9 Å². The Morgan fingerprint density at radius 2 is 1.43 bits per heavy atom. The average molecular weight is 483 g/mol. The van der Waals surface area contributed by atoms with E-state index in [0.717, 1.165) is 35.2 Å². The molecule has 0 amide bonds. The highest BCUT2D eigenvalue weighted by Crippen LogP contribution is 2.36. The Balaban J connectivity index is 1.53. The number of ether oxygens (including phenoxy) is 2. The molecule has 1 fully saturated rings. The van der Waals surface area contributed by atoms with Crippen molar-refractivity contribution < 1.29 is 27.4 Å². The lowest BCUT2D eigenvalue weighted by molar-refractivity contribution is -0.137. The number of alkyl halides is 3. The Morgan fingerprint density at radius 1 is 0.857 bits per heavy atom. The van der Waals surface area contributed by atoms with Crippen LogP contribution in [0.2, 0.25) is 0 Å². The van der Waals surface area contributed by atoms with Crippen molar-refractivity contribution in [2.75, 3.05) is 7.11 Å². The van der Waals surface area contributed by atoms with Gasteiger partial charge in [-0.2, -0.15) is 13.2 Å². The first-order chi connectivity index (χ1) is 16.8. The van der Waals surface area contributed by atoms with E-state index in [9.17, 15) is 18.0 Å². The predicted molar refractivity (Wildman–Crippen MR) is 129 cm³/mol. The molecule has 4 rings (SSSR count). The van der Waals surface area contributed by atoms with E-state index in [4.69, 9.17) is 9.47 Å². The van der Waals surface area contributed by atoms with Crippen LogP contribution in [0.4, 0.5) is 13.2 Å². The van der Waals surface area contributed by atoms with Gasteiger partial charge in [-0.05, 0) is 65.4 Å². The molecule has 0 unspecified atom stereocenters. The molecule has 0 spiro atoms. The molecular formula is C29H29F3O3. The number of carbonyl (C=O) groups excluding carboxylic acids is 1. The highest BCUT2D eigenvalue weighted by Gasteiger charge is 2.30. The summed E-state index contributed by atoms with van der Waals surface area (Å²) in [6, 6.07) is 20.0. The molecular weight excluding hydrogens is 453 g/mol. The van der Waals surface area contributed by atoms with Crippen LogP contribution in [0.25, 0.3) is 11.1 Å². The van der Waals surface area contributed by atoms with E-state index < -0.39 is 17.7 Å². The maximum atomic E-state index is 12.9. The van der Waals surface area contributed by atoms with Gasteiger partial charge in [0.15, 0.2) is 0 Å². The number of benzene rings is 3. The highest BCUT2D eigenvalue weighted by atomic mass is 19.4. The molecule has 6 heteroatoms. The topological polar surface area (TPSA) is 35.5 Å². The third kappa shape index (κ3) is 6.44. The van der Waals surface area contributed by atoms with Crippen molar-refractivity contribution in [2.24, 2.45) is 5.92 Å². The second kappa shape index (κ2) is 11.0. The maximum absolute atomic E-state index is 12.9. The Labute approximate surface area is 203 Å². The van der Waals surface area contributed by atoms with Gasteiger partial charge >= 0.3 is 12.1 Å². The second-order valence-electron chi connectivity index (χ2n) is 9.06. The van der Waals surface area contributed by atoms with Crippen molar-refractivity contribution in [3.8, 4) is 16.9 Å². The fourth-order valence-electron chi connectivity index (χ4n) is 4.67. The van der Waals surface area contributed by atoms with Crippen molar-refractivity contribution in [3.63, 3.8) is 0 Å². The zero-order valence-corrected chi connectivity index (χ0v) is 19.7. The van der Waals surface area contributed by atoms with Gasteiger partial charge in [0.2, 0.25) is 0 Å². The van der Waals surface area contributed by atoms with Crippen LogP contribution in [0.3, 0.4) is 0 Å². The van der Waals surface area contributed by atoms with Crippen molar-refractivity contribution in [1.29, 1.82) is 0 Å². The van der Waals surface area contributed by atoms with E-state index >= 15 is 0 Å². The summed E-state index contributed by atoms with van der Waals surface area (Å²) >= 11 is 0. The predicted octanol–water partition coefficient (Wildman–Crippen LogP) is 8.25. The SMILES string of the molecule is COC(=O)c1ccc(O[C@H](CC2CCCCC2)c2ccc(-c3ccc(C(F)(F)F)cc3)cc2)cc1. The first-order valence-corrected chi connectivity index (χ1v) is 12.0. The zero-order valence-electron chi connectivity index (χ0n) is 19.7. The summed E-state index contributed by atoms with van der Waals surface area (Å²) in [5.41, 5.74) is 2.40. The van der Waals surface area contributed by atoms with E-state index in [-0.39, 0.29) is 6.10 Å². The van der Waals surface area contributed by atoms with Crippen LogP contribution >= 0.6 is 0 Å². The third-order valence-corrected chi connectivity index (χ3v) is 6.65. The zero-order chi connectivity index (χ0) is 24.8. The van der Waals surface area contributed by atoms with Crippen LogP contribution in [0.5, 0.6) is 5.75 Å². The molecule has 0 aliphatic heterocycles. The van der Waals surface area contributed by atoms with E-state index in [1.807, 2.05) is 24.3 Å². The number of hydrogen-bond donors (Lipinski definition) is 0. The second-order valence-corrected chi connectivity index (χ2v) is 9.06. The molecule has 3 aromatic rings. The van der Waals surface area contributed by atoms with E-state index in [1.165, 1.54) is 51.3 Å². The van der Waals surface area contributed by atoms with Crippen molar-refractivity contribution in [3.05, 3.63) is 89.5 Å². The first-order valence-electron chi connectivity index (χ1n) is 12.0. The largest absolute Gasteiger partial charge is 0.486 e. The minimum absolute atomic E-state index is 0.163. The molecule has 35 heavy (non-hydrogen) atoms. The summed E-state index contributed by atoms with van der Waals surface area (Å²) in [5, 5.41) is 0. The van der Waals surface area contributed by atoms with E-state index in [1.54, 1.807) is 24.3 Å². The number of halogens is 3. The monoisotopic (exact) mass is 482 g/mol. The van der Waals surface area contributed by atoms with Gasteiger partial charge in [-0.15, -0.1) is 0 Å². The van der Waals surface area contributed by atoms with E-state index in [0.29, 0.717) is 17.2 Å². The minimum Gasteiger partial charge on any atom is -0.486 e. The number of hydrogen-bond acceptors (Lipinski definition) is 3. The summed E-state index contributed by atoms with van der Waals surface area (Å²) < 4.78 is 49.8. The van der Waals surface area contributed by atoms with Crippen LogP contribution in [0, 0.1) is 5.92 Å². The molecule has 0 aromatic heterocycles. The lowest BCUT2D eigenvalue weighted by Crippen LogP contribution is -2.16. The molecule has 1 saturated carbocycles. The minimum atomic E-state index is -4.35. The molecule has 0 bridgehead atoms. The molecule has 1 aliphatic carbocycles. The van der Waals surface area contributed by atoms with Gasteiger partial charge < -0.3 is 9.47 Å². The average Bonchev–Trinajstić information content (AvgIpc) is 2.88. The lowest BCUT2D eigenvalue weighted by Gasteiger charge is -2.27. The van der Waals surface area contributed by atoms with Gasteiger partial charge in [0.1, 0.15) is 11.9 Å². The fraction of sp³-hybridized carbons (Fsp3) is 0.345. The van der Waals surface area contributed by atoms with E-state index in [2.05, 4.69) is 0 Å². The summed E-state index contributed by atoms with van der Waals surface area (Å²) in [6.45, 7) is 0. The lowest BCUT2D eigenvalue weighted by atomic mass is 9.84. The first kappa shape index (κ1) is 24.8. The molecule has 0 saturated heterocycles. The van der Waals surface area contributed by atoms with Crippen molar-refractivity contribution >= 4 is 5.97 Å². The fourth-order valence-corrected chi connectivity index (χ4v) is 4.67. The van der Waals surface area contributed by atoms with Gasteiger partial charge in [0.25, 0.3) is 0 Å². The standard InChI is InChI=1S/C29H29F3O3/c1-34-28(33)24-13-17-26(18-14-24)35-27(19-20-5-3-2-4-6-20)23-9-7-21(8-10-23)22-11-15-25(16-12-22)29(30,31)32/h7-18,20,27H,2-6,19H2,1H3/t27-/m1/s1. The summed E-state index contributed by atoms with van der Waals surface area (Å²) in [6.07, 6.45) is 2.49. The van der Waals surface area contributed by atoms with Crippen LogP contribution < -0.4 is 4.74 Å². The summed E-state index contributed by atoms with van der Waals surface area (Å²) in [5.74, 6) is 0.858. The molecule has 3 aromatic carbocycles. The van der Waals surface area contributed by atoms with Gasteiger partial charge in [-0.25, -0.2) is 4.79 Å². The van der Waals surface area contributed by atoms with Gasteiger partial charge in [0, 0.05) is 0 Å². The molecule has 0 radical (unpaired) electrons. The quantitative estimate of drug-likeness (QED) is 0.318. The van der Waals surface area contributed by atoms with Gasteiger partial charge in [0.05, 0.1) is 18.2 Å². The molecule has 184 valence electrons. The molecule has 0 N–H and O–H groups in total. The Bertz CT molecular complexity index is 1100. The highest BCUT2D eigenvalue weighted by molar-refractivity contribution is 5.89. The molecule has 0 heterocycles. The van der Waals surface area contributed by atoms with Crippen molar-refractivity contribution in [2.45, 2.75) is 50.8 Å². The Kier molecular flexibility index (Phi) is 7.79. The maximum Gasteiger partial charge on any atom is 0.416 e. The molecule has 3 nitrogen and oxygen atoms in total. The van der Waals surface area contributed by atoms with Gasteiger partial charge in [-0.1, -0.05) is 68.5 Å². The Morgan fingerprint density at radius 3 is 1.97 bits per heavy atom. The molecule has 1 atom stereocenters. The Hall–Kier alpha value is -3.28. The molecule has 1 aliphatic rings. The van der Waals surface area contributed by atoms with Crippen LogP contribution in [0.15, 0.2) is 72.8 Å². The number of esters is 1. The van der Waals surface area contributed by atoms with Crippen molar-refractivity contribution in [1.82, 2.24) is 0 Å². The number of carbonyl (C=O) groups is 1. The van der Waals surface area contributed by atoms with Crippen LogP contribution in [-0.4, -0.2) is 13.1 Å². The number of methoxy groups -OCH3 is 1. The van der Waals surface area contributed by atoms with Gasteiger partial charge in [-0.3, -0.25) is 0 Å². The summed E-state index contributed by atoms with van der Waals surface area (Å²) in [7, 11) is 1.35. The third-order valence-electron chi connectivity index (χ3n) is 6.65. The van der Waals surface area contributed by atoms with Crippen LogP contribution in [0.1, 0.15) is 66.1 Å².